The van der Waals surface area contributed by atoms with Crippen molar-refractivity contribution in [3.05, 3.63) is 88.4 Å². The summed E-state index contributed by atoms with van der Waals surface area (Å²) in [7, 11) is 0. The zero-order chi connectivity index (χ0) is 24.5. The number of nitrogens with one attached hydrogen (secondary N) is 2. The first-order valence-corrected chi connectivity index (χ1v) is 10.4. The lowest BCUT2D eigenvalue weighted by Gasteiger charge is -2.19. The average molecular weight is 471 g/mol. The molecule has 0 aliphatic carbocycles. The Balaban J connectivity index is 1.67. The van der Waals surface area contributed by atoms with Gasteiger partial charge in [0.25, 0.3) is 0 Å². The van der Waals surface area contributed by atoms with E-state index < -0.39 is 24.9 Å². The Kier molecular flexibility index (Phi) is 5.99. The van der Waals surface area contributed by atoms with Gasteiger partial charge in [0.2, 0.25) is 5.43 Å². The summed E-state index contributed by atoms with van der Waals surface area (Å²) in [6.07, 6.45) is 3.90. The highest BCUT2D eigenvalue weighted by molar-refractivity contribution is 5.86. The van der Waals surface area contributed by atoms with Crippen LogP contribution >= 0.6 is 0 Å². The second kappa shape index (κ2) is 8.77. The quantitative estimate of drug-likeness (QED) is 0.403. The number of para-hydroxylation sites is 1. The molecule has 0 bridgehead atoms. The summed E-state index contributed by atoms with van der Waals surface area (Å²) in [5.41, 5.74) is 2.09. The Morgan fingerprint density at radius 2 is 1.74 bits per heavy atom. The van der Waals surface area contributed by atoms with Gasteiger partial charge in [-0.05, 0) is 48.9 Å². The van der Waals surface area contributed by atoms with Crippen molar-refractivity contribution < 1.29 is 17.6 Å². The molecule has 34 heavy (non-hydrogen) atoms. The number of nitrogens with zero attached hydrogens (tertiary/aromatic N) is 3. The zero-order valence-electron chi connectivity index (χ0n) is 18.1. The minimum atomic E-state index is -4.10. The highest BCUT2D eigenvalue weighted by Gasteiger charge is 2.62. The maximum Gasteiger partial charge on any atom is 0.329 e. The second-order valence-corrected chi connectivity index (χ2v) is 7.95. The fourth-order valence-corrected chi connectivity index (χ4v) is 3.71. The second-order valence-electron chi connectivity index (χ2n) is 7.95. The third-order valence-electron chi connectivity index (χ3n) is 5.47. The summed E-state index contributed by atoms with van der Waals surface area (Å²) in [6.45, 7) is -0.439. The molecule has 10 heteroatoms. The molecule has 0 atom stereocenters. The van der Waals surface area contributed by atoms with Gasteiger partial charge in [-0.2, -0.15) is 22.7 Å². The Morgan fingerprint density at radius 1 is 1.06 bits per heavy atom. The molecule has 0 saturated carbocycles. The van der Waals surface area contributed by atoms with Crippen molar-refractivity contribution >= 4 is 23.3 Å². The van der Waals surface area contributed by atoms with E-state index >= 15 is 0 Å². The normalized spacial score (nSPS) is 17.0. The van der Waals surface area contributed by atoms with Crippen LogP contribution in [0.1, 0.15) is 11.3 Å². The number of aryl methyl sites for hydroxylation is 1. The van der Waals surface area contributed by atoms with Crippen LogP contribution in [0.4, 0.5) is 28.9 Å². The van der Waals surface area contributed by atoms with E-state index in [1.54, 1.807) is 25.1 Å². The molecule has 1 saturated heterocycles. The fourth-order valence-electron chi connectivity index (χ4n) is 3.71. The van der Waals surface area contributed by atoms with Gasteiger partial charge in [-0.25, -0.2) is 4.68 Å². The van der Waals surface area contributed by atoms with Crippen molar-refractivity contribution in [1.82, 2.24) is 9.78 Å². The fraction of sp³-hybridized carbons (Fsp3) is 0.208. The van der Waals surface area contributed by atoms with E-state index in [0.717, 1.165) is 11.1 Å². The Hall–Kier alpha value is -3.95. The van der Waals surface area contributed by atoms with E-state index in [4.69, 9.17) is 5.41 Å². The van der Waals surface area contributed by atoms with E-state index in [1.807, 2.05) is 18.2 Å². The SMILES string of the molecule is Cc1cc(N2CC(F)(F)C(F)(F)C2)ccc1-n1ccc(=O)c(/C(=C/C=N)Nc2ccccc2)n1. The highest BCUT2D eigenvalue weighted by Crippen LogP contribution is 2.42. The van der Waals surface area contributed by atoms with Gasteiger partial charge in [0, 0.05) is 29.9 Å². The molecule has 1 aliphatic heterocycles. The molecule has 1 aromatic heterocycles. The summed E-state index contributed by atoms with van der Waals surface area (Å²) in [5.74, 6) is -8.20. The predicted molar refractivity (Wildman–Crippen MR) is 124 cm³/mol. The number of aromatic nitrogens is 2. The van der Waals surface area contributed by atoms with E-state index in [-0.39, 0.29) is 16.8 Å². The van der Waals surface area contributed by atoms with Crippen molar-refractivity contribution in [3.8, 4) is 5.69 Å². The van der Waals surface area contributed by atoms with Gasteiger partial charge in [0.1, 0.15) is 0 Å². The van der Waals surface area contributed by atoms with E-state index in [9.17, 15) is 22.4 Å². The first-order valence-electron chi connectivity index (χ1n) is 10.4. The summed E-state index contributed by atoms with van der Waals surface area (Å²) in [5, 5.41) is 14.9. The number of halogens is 4. The predicted octanol–water partition coefficient (Wildman–Crippen LogP) is 4.73. The van der Waals surface area contributed by atoms with E-state index in [2.05, 4.69) is 10.4 Å². The molecule has 4 rings (SSSR count). The van der Waals surface area contributed by atoms with Crippen molar-refractivity contribution in [2.45, 2.75) is 18.8 Å². The topological polar surface area (TPSA) is 74.0 Å². The smallest absolute Gasteiger partial charge is 0.329 e. The number of alkyl halides is 4. The molecular weight excluding hydrogens is 450 g/mol. The van der Waals surface area contributed by atoms with Crippen LogP contribution in [0.5, 0.6) is 0 Å². The minimum Gasteiger partial charge on any atom is -0.359 e. The molecule has 2 aromatic carbocycles. The van der Waals surface area contributed by atoms with Gasteiger partial charge in [-0.3, -0.25) is 4.79 Å². The van der Waals surface area contributed by atoms with Gasteiger partial charge in [0.05, 0.1) is 24.5 Å². The van der Waals surface area contributed by atoms with Crippen molar-refractivity contribution in [2.24, 2.45) is 0 Å². The molecular formula is C24H21F4N5O. The number of allylic oxidation sites excluding steroid dienone is 1. The monoisotopic (exact) mass is 471 g/mol. The first kappa shape index (κ1) is 23.2. The lowest BCUT2D eigenvalue weighted by atomic mass is 10.1. The molecule has 0 amide bonds. The van der Waals surface area contributed by atoms with Gasteiger partial charge >= 0.3 is 11.8 Å². The molecule has 0 unspecified atom stereocenters. The molecule has 0 radical (unpaired) electrons. The molecule has 3 aromatic rings. The molecule has 2 heterocycles. The summed E-state index contributed by atoms with van der Waals surface area (Å²) >= 11 is 0. The third kappa shape index (κ3) is 4.43. The van der Waals surface area contributed by atoms with E-state index in [0.29, 0.717) is 22.6 Å². The molecule has 1 fully saturated rings. The van der Waals surface area contributed by atoms with Gasteiger partial charge in [-0.1, -0.05) is 18.2 Å². The van der Waals surface area contributed by atoms with Crippen LogP contribution < -0.4 is 15.6 Å². The summed E-state index contributed by atoms with van der Waals surface area (Å²) in [6, 6.07) is 15.0. The number of rotatable bonds is 6. The minimum absolute atomic E-state index is 0.0668. The molecule has 1 aliphatic rings. The maximum absolute atomic E-state index is 13.6. The van der Waals surface area contributed by atoms with E-state index in [1.165, 1.54) is 35.2 Å². The van der Waals surface area contributed by atoms with Crippen LogP contribution in [0.25, 0.3) is 11.4 Å². The Morgan fingerprint density at radius 3 is 2.35 bits per heavy atom. The van der Waals surface area contributed by atoms with Crippen LogP contribution in [0.2, 0.25) is 0 Å². The largest absolute Gasteiger partial charge is 0.359 e. The summed E-state index contributed by atoms with van der Waals surface area (Å²) in [4.78, 5) is 13.5. The Labute approximate surface area is 192 Å². The van der Waals surface area contributed by atoms with Crippen LogP contribution in [0.3, 0.4) is 0 Å². The number of hydrogen-bond donors (Lipinski definition) is 2. The number of benzene rings is 2. The van der Waals surface area contributed by atoms with Crippen LogP contribution in [0.15, 0.2) is 71.7 Å². The van der Waals surface area contributed by atoms with Crippen molar-refractivity contribution in [3.63, 3.8) is 0 Å². The van der Waals surface area contributed by atoms with Crippen LogP contribution in [-0.4, -0.2) is 40.9 Å². The average Bonchev–Trinajstić information content (AvgIpc) is 3.01. The molecule has 0 spiro atoms. The molecule has 2 N–H and O–H groups in total. The Bertz CT molecular complexity index is 1290. The molecule has 6 nitrogen and oxygen atoms in total. The van der Waals surface area contributed by atoms with Gasteiger partial charge < -0.3 is 15.6 Å². The van der Waals surface area contributed by atoms with Gasteiger partial charge in [-0.15, -0.1) is 0 Å². The first-order chi connectivity index (χ1) is 16.1. The molecule has 176 valence electrons. The number of anilines is 2. The van der Waals surface area contributed by atoms with Crippen LogP contribution in [-0.2, 0) is 0 Å². The maximum atomic E-state index is 13.6. The van der Waals surface area contributed by atoms with Crippen LogP contribution in [0, 0.1) is 12.3 Å². The lowest BCUT2D eigenvalue weighted by Crippen LogP contribution is -2.38. The third-order valence-corrected chi connectivity index (χ3v) is 5.47. The summed E-state index contributed by atoms with van der Waals surface area (Å²) < 4.78 is 55.9. The van der Waals surface area contributed by atoms with Gasteiger partial charge in [0.15, 0.2) is 5.69 Å². The standard InChI is InChI=1S/C24H21F4N5O/c1-16-13-18(32-14-23(25,26)24(27,28)15-32)7-8-20(16)33-12-10-21(34)22(31-33)19(9-11-29)30-17-5-3-2-4-6-17/h2-13,29-30H,14-15H2,1H3/b19-9-,29-11?. The highest BCUT2D eigenvalue weighted by atomic mass is 19.3. The number of hydrogen-bond acceptors (Lipinski definition) is 5. The lowest BCUT2D eigenvalue weighted by molar-refractivity contribution is -0.172. The zero-order valence-corrected chi connectivity index (χ0v) is 18.1. The van der Waals surface area contributed by atoms with Crippen molar-refractivity contribution in [2.75, 3.05) is 23.3 Å². The van der Waals surface area contributed by atoms with Crippen molar-refractivity contribution in [1.29, 1.82) is 5.41 Å².